The van der Waals surface area contributed by atoms with Gasteiger partial charge in [-0.1, -0.05) is 0 Å². The Morgan fingerprint density at radius 1 is 0.408 bits per heavy atom. The van der Waals surface area contributed by atoms with Gasteiger partial charge in [0.1, 0.15) is 56.7 Å². The summed E-state index contributed by atoms with van der Waals surface area (Å²) in [5, 5.41) is 79.4. The molecule has 16 rings (SSSR count). The van der Waals surface area contributed by atoms with Gasteiger partial charge in [0.05, 0.1) is 43.3 Å². The number of likely N-dealkylation sites (tertiary alicyclic amines) is 4. The van der Waals surface area contributed by atoms with Crippen molar-refractivity contribution in [2.24, 2.45) is 0 Å². The molecule has 0 bridgehead atoms. The maximum atomic E-state index is 15.8. The molecule has 42 heteroatoms. The first-order valence-electron chi connectivity index (χ1n) is 41.2. The molecular formula is C88H90BrF5N24O12. The highest BCUT2D eigenvalue weighted by molar-refractivity contribution is 9.10. The first-order chi connectivity index (χ1) is 61.8. The fourth-order valence-electron chi connectivity index (χ4n) is 14.1. The van der Waals surface area contributed by atoms with Crippen molar-refractivity contribution in [1.29, 1.82) is 21.0 Å². The molecule has 3 amide bonds. The molecule has 0 unspecified atom stereocenters. The van der Waals surface area contributed by atoms with E-state index < -0.39 is 75.9 Å². The molecule has 5 atom stereocenters. The van der Waals surface area contributed by atoms with Gasteiger partial charge in [0.15, 0.2) is 11.9 Å². The Labute approximate surface area is 750 Å². The summed E-state index contributed by atoms with van der Waals surface area (Å²) in [6.45, 7) is 17.4. The van der Waals surface area contributed by atoms with E-state index in [9.17, 15) is 28.0 Å². The smallest absolute Gasteiger partial charge is 0.410 e. The van der Waals surface area contributed by atoms with Gasteiger partial charge in [-0.2, -0.15) is 21.0 Å². The van der Waals surface area contributed by atoms with Gasteiger partial charge in [0, 0.05) is 115 Å². The van der Waals surface area contributed by atoms with Crippen molar-refractivity contribution >= 4 is 40.2 Å². The second kappa shape index (κ2) is 40.4. The molecule has 0 radical (unpaired) electrons. The highest BCUT2D eigenvalue weighted by atomic mass is 79.9. The minimum Gasteiger partial charge on any atom is -0.479 e. The normalized spacial score (nSPS) is 20.3. The Kier molecular flexibility index (Phi) is 29.5. The maximum absolute atomic E-state index is 15.8. The second-order valence-electron chi connectivity index (χ2n) is 34.0. The van der Waals surface area contributed by atoms with E-state index in [2.05, 4.69) is 96.9 Å². The monoisotopic (exact) mass is 1850 g/mol. The number of carboxylic acid groups (broad SMARTS) is 1. The summed E-state index contributed by atoms with van der Waals surface area (Å²) >= 11 is 3.27. The lowest BCUT2D eigenvalue weighted by molar-refractivity contribution is -0.154. The third kappa shape index (κ3) is 24.5. The fourth-order valence-corrected chi connectivity index (χ4v) is 14.4. The van der Waals surface area contributed by atoms with Gasteiger partial charge in [-0.15, -0.1) is 40.8 Å². The van der Waals surface area contributed by atoms with Crippen LogP contribution in [0.3, 0.4) is 0 Å². The highest BCUT2D eigenvalue weighted by Crippen LogP contribution is 2.42. The van der Waals surface area contributed by atoms with Crippen LogP contribution >= 0.6 is 15.9 Å². The first kappa shape index (κ1) is 94.9. The number of piperidine rings is 5. The van der Waals surface area contributed by atoms with Crippen LogP contribution in [-0.2, 0) is 41.7 Å². The lowest BCUT2D eigenvalue weighted by Crippen LogP contribution is -2.52. The second-order valence-corrected chi connectivity index (χ2v) is 34.8. The Morgan fingerprint density at radius 3 is 1.06 bits per heavy atom. The van der Waals surface area contributed by atoms with Gasteiger partial charge in [-0.05, 0) is 234 Å². The molecule has 5 aliphatic rings. The van der Waals surface area contributed by atoms with Crippen LogP contribution in [0.25, 0.3) is 79.6 Å². The minimum absolute atomic E-state index is 0.00580. The number of hydrogen-bond donors (Lipinski definition) is 2. The summed E-state index contributed by atoms with van der Waals surface area (Å²) in [5.41, 5.74) is -4.45. The number of amides is 3. The number of nitrogens with zero attached hydrogens (tertiary/aromatic N) is 23. The van der Waals surface area contributed by atoms with Gasteiger partial charge in [0.25, 0.3) is 23.6 Å². The van der Waals surface area contributed by atoms with Crippen molar-refractivity contribution in [2.75, 3.05) is 65.4 Å². The summed E-state index contributed by atoms with van der Waals surface area (Å²) < 4.78 is 114. The number of ether oxygens (including phenoxy) is 3. The minimum atomic E-state index is -2.35. The van der Waals surface area contributed by atoms with E-state index in [1.165, 1.54) is 27.1 Å². The number of aliphatic carboxylic acids is 1. The van der Waals surface area contributed by atoms with E-state index in [4.69, 9.17) is 58.0 Å². The van der Waals surface area contributed by atoms with Gasteiger partial charge in [-0.3, -0.25) is 15.0 Å². The molecule has 5 saturated heterocycles. The maximum Gasteiger partial charge on any atom is 0.410 e. The standard InChI is InChI=1S/C23H23FN6O3.C19H14FN7O.C18H15FN6O.C17H20BrFN4O3.C11H18FNO4/c1-22(2,3)33-21(31)30-10-4-7-23(24,14-30)20-29-28-19(32-20)16-6-9-27-18(12-16)15-5-8-26-17(11-15)13-25;20-19(4-1-7-27(11-19)12-22)18-26-25-17(28-18)14-3-6-24-16(9-14)13-2-5-23-15(8-13)10-21;19-18(4-1-5-21-11-18)17-25-24-16(26-17)13-3-7-23-15(9-13)12-2-6-22-14(8-12)10-20;1-16(2,3)26-15(24)23-8-4-6-17(19,10-23)14-22-21-13(25-14)11-5-7-20-12(18)9-11;1-10(2,3)17-9(16)13-6-4-5-11(12,7-13)8(14)15/h5-6,8-9,11-12H,4,7,10,14H2,1-3H3;2-3,5-6,8-9H,1,4,7,11H2;2-3,6-9,21H,1,4-5,11H2;5,7,9H,4,6,8,10H2,1-3H3;4-7H2,1-3H3,(H,14,15)/t23-;19-;18-;17-;11-/m11111/s1. The third-order valence-corrected chi connectivity index (χ3v) is 20.8. The predicted molar refractivity (Wildman–Crippen MR) is 454 cm³/mol. The number of alkyl halides is 5. The Morgan fingerprint density at radius 2 is 0.723 bits per heavy atom. The van der Waals surface area contributed by atoms with Crippen molar-refractivity contribution in [2.45, 2.75) is 172 Å². The third-order valence-electron chi connectivity index (χ3n) is 20.3. The number of carbonyl (C=O) groups excluding carboxylic acids is 3. The molecule has 16 heterocycles. The van der Waals surface area contributed by atoms with E-state index in [1.54, 1.807) is 178 Å². The quantitative estimate of drug-likeness (QED) is 0.0496. The zero-order chi connectivity index (χ0) is 93.4. The van der Waals surface area contributed by atoms with Gasteiger partial charge in [0.2, 0.25) is 46.2 Å². The van der Waals surface area contributed by atoms with Crippen LogP contribution in [0.1, 0.15) is 167 Å². The lowest BCUT2D eigenvalue weighted by Gasteiger charge is -2.36. The van der Waals surface area contributed by atoms with Crippen LogP contribution in [0.5, 0.6) is 0 Å². The number of hydrogen-bond acceptors (Lipinski definition) is 32. The molecule has 0 aliphatic carbocycles. The number of aromatic nitrogens is 15. The molecule has 11 aromatic rings. The Bertz CT molecular complexity index is 6050. The van der Waals surface area contributed by atoms with Crippen molar-refractivity contribution in [3.05, 3.63) is 174 Å². The zero-order valence-electron chi connectivity index (χ0n) is 72.3. The molecule has 0 saturated carbocycles. The summed E-state index contributed by atoms with van der Waals surface area (Å²) in [7, 11) is 0. The largest absolute Gasteiger partial charge is 0.479 e. The number of rotatable bonds is 12. The molecule has 0 spiro atoms. The van der Waals surface area contributed by atoms with E-state index >= 15 is 13.2 Å². The number of pyridine rings is 7. The topological polar surface area (TPSA) is 482 Å². The van der Waals surface area contributed by atoms with Gasteiger partial charge < -0.3 is 61.9 Å². The average Bonchev–Trinajstić information content (AvgIpc) is 1.68. The Balaban J connectivity index is 0.000000149. The average molecular weight is 1850 g/mol. The summed E-state index contributed by atoms with van der Waals surface area (Å²) in [5.74, 6) is -1.23. The predicted octanol–water partition coefficient (Wildman–Crippen LogP) is 15.6. The molecule has 0 aromatic carbocycles. The van der Waals surface area contributed by atoms with E-state index in [0.29, 0.717) is 119 Å². The molecule has 676 valence electrons. The molecule has 2 N–H and O–H groups in total. The highest BCUT2D eigenvalue weighted by Gasteiger charge is 2.49. The molecule has 36 nitrogen and oxygen atoms in total. The van der Waals surface area contributed by atoms with Crippen LogP contribution in [0, 0.1) is 45.4 Å². The molecular weight excluding hydrogens is 1760 g/mol. The first-order valence-corrected chi connectivity index (χ1v) is 42.0. The Hall–Kier alpha value is -14.3. The number of nitriles is 4. The number of carboxylic acids is 1. The summed E-state index contributed by atoms with van der Waals surface area (Å²) in [4.78, 5) is 81.1. The number of halogens is 6. The molecule has 11 aromatic heterocycles. The van der Waals surface area contributed by atoms with E-state index in [1.807, 2.05) is 24.4 Å². The van der Waals surface area contributed by atoms with Gasteiger partial charge >= 0.3 is 24.2 Å². The van der Waals surface area contributed by atoms with Crippen molar-refractivity contribution in [1.82, 2.24) is 101 Å². The number of carbonyl (C=O) groups is 4. The lowest BCUT2D eigenvalue weighted by atomic mass is 9.95. The number of nitrogens with one attached hydrogen (secondary N) is 1. The van der Waals surface area contributed by atoms with Crippen LogP contribution < -0.4 is 5.32 Å². The van der Waals surface area contributed by atoms with Crippen molar-refractivity contribution in [3.8, 4) is 104 Å². The van der Waals surface area contributed by atoms with Gasteiger partial charge in [-0.25, -0.2) is 61.1 Å². The van der Waals surface area contributed by atoms with Crippen LogP contribution in [0.4, 0.5) is 36.3 Å². The van der Waals surface area contributed by atoms with Crippen molar-refractivity contribution in [3.63, 3.8) is 0 Å². The van der Waals surface area contributed by atoms with Crippen LogP contribution in [-0.4, -0.2) is 213 Å². The summed E-state index contributed by atoms with van der Waals surface area (Å²) in [6, 6.07) is 29.8. The summed E-state index contributed by atoms with van der Waals surface area (Å²) in [6.07, 6.45) is 14.5. The van der Waals surface area contributed by atoms with E-state index in [-0.39, 0.29) is 110 Å². The molecule has 5 aliphatic heterocycles. The zero-order valence-corrected chi connectivity index (χ0v) is 73.8. The SMILES string of the molecule is CC(C)(C)OC(=O)N1CCC[C@](F)(C(=O)O)C1.CC(C)(C)OC(=O)N1CCC[C@](F)(c2nnc(-c3ccnc(-c4ccnc(C#N)c4)c3)o2)C1.CC(C)(C)OC(=O)N1CCC[C@](F)(c2nnc(-c3ccnc(Br)c3)o2)C1.N#Cc1cc(-c2cc(-c3nnc([C@@]4(F)CCCN(C#N)C4)o3)ccn2)ccn1.N#Cc1cc(-c2cc(-c3nnc([C@@]4(F)CCCNC4)o3)ccn2)ccn1. The van der Waals surface area contributed by atoms with Crippen LogP contribution in [0.15, 0.2) is 151 Å². The molecule has 130 heavy (non-hydrogen) atoms. The fraction of sp³-hybridized carbons (Fsp3) is 0.420. The van der Waals surface area contributed by atoms with Crippen molar-refractivity contribution < 1.29 is 78.1 Å². The van der Waals surface area contributed by atoms with E-state index in [0.717, 1.165) is 23.4 Å². The van der Waals surface area contributed by atoms with Crippen LogP contribution in [0.2, 0.25) is 0 Å². The molecule has 5 fully saturated rings.